The van der Waals surface area contributed by atoms with E-state index in [1.165, 1.54) is 24.3 Å². The van der Waals surface area contributed by atoms with Crippen LogP contribution in [0, 0.1) is 11.3 Å². The zero-order valence-corrected chi connectivity index (χ0v) is 7.35. The number of alkyl halides is 3. The average Bonchev–Trinajstić information content (AvgIpc) is 2.17. The van der Waals surface area contributed by atoms with Crippen molar-refractivity contribution >= 4 is 6.08 Å². The van der Waals surface area contributed by atoms with Crippen LogP contribution in [0.25, 0.3) is 6.08 Å². The molecule has 0 spiro atoms. The molecule has 5 heteroatoms. The minimum absolute atomic E-state index is 0.0591. The third kappa shape index (κ3) is 3.09. The van der Waals surface area contributed by atoms with Crippen molar-refractivity contribution < 1.29 is 17.6 Å². The molecule has 0 atom stereocenters. The fraction of sp³-hybridized carbons (Fsp3) is 0.100. The molecule has 0 unspecified atom stereocenters. The summed E-state index contributed by atoms with van der Waals surface area (Å²) < 4.78 is 47.8. The average molecular weight is 215 g/mol. The quantitative estimate of drug-likeness (QED) is 0.658. The third-order valence-corrected chi connectivity index (χ3v) is 1.60. The lowest BCUT2D eigenvalue weighted by Gasteiger charge is -2.02. The van der Waals surface area contributed by atoms with Crippen molar-refractivity contribution in [3.8, 4) is 6.07 Å². The highest BCUT2D eigenvalue weighted by Gasteiger charge is 2.34. The van der Waals surface area contributed by atoms with E-state index in [0.717, 1.165) is 0 Å². The van der Waals surface area contributed by atoms with Crippen LogP contribution in [-0.4, -0.2) is 6.18 Å². The van der Waals surface area contributed by atoms with Gasteiger partial charge in [0, 0.05) is 0 Å². The summed E-state index contributed by atoms with van der Waals surface area (Å²) in [6.45, 7) is 0. The number of hydrogen-bond acceptors (Lipinski definition) is 1. The first-order valence-corrected chi connectivity index (χ1v) is 3.88. The zero-order chi connectivity index (χ0) is 11.5. The molecule has 78 valence electrons. The van der Waals surface area contributed by atoms with Gasteiger partial charge < -0.3 is 0 Å². The van der Waals surface area contributed by atoms with Crippen molar-refractivity contribution in [2.45, 2.75) is 6.18 Å². The van der Waals surface area contributed by atoms with Gasteiger partial charge in [-0.25, -0.2) is 4.39 Å². The highest BCUT2D eigenvalue weighted by molar-refractivity contribution is 5.53. The maximum atomic E-state index is 12.4. The van der Waals surface area contributed by atoms with E-state index in [1.54, 1.807) is 6.07 Å². The number of allylic oxidation sites excluding steroid dienone is 1. The summed E-state index contributed by atoms with van der Waals surface area (Å²) in [6.07, 6.45) is -4.59. The largest absolute Gasteiger partial charge is 0.442 e. The summed E-state index contributed by atoms with van der Waals surface area (Å²) in [7, 11) is 0. The molecule has 0 aromatic heterocycles. The Morgan fingerprint density at radius 2 is 1.73 bits per heavy atom. The third-order valence-electron chi connectivity index (χ3n) is 1.60. The van der Waals surface area contributed by atoms with E-state index in [1.807, 2.05) is 0 Å². The van der Waals surface area contributed by atoms with E-state index < -0.39 is 12.0 Å². The van der Waals surface area contributed by atoms with E-state index in [2.05, 4.69) is 0 Å². The highest BCUT2D eigenvalue weighted by atomic mass is 19.4. The van der Waals surface area contributed by atoms with Gasteiger partial charge in [-0.2, -0.15) is 18.4 Å². The monoisotopic (exact) mass is 215 g/mol. The topological polar surface area (TPSA) is 23.8 Å². The first-order chi connectivity index (χ1) is 6.93. The van der Waals surface area contributed by atoms with E-state index in [-0.39, 0.29) is 5.56 Å². The summed E-state index contributed by atoms with van der Waals surface area (Å²) in [5, 5.41) is 8.42. The van der Waals surface area contributed by atoms with Gasteiger partial charge in [0.1, 0.15) is 0 Å². The summed E-state index contributed by atoms with van der Waals surface area (Å²) in [6, 6.07) is 6.91. The van der Waals surface area contributed by atoms with Crippen LogP contribution in [0.3, 0.4) is 0 Å². The van der Waals surface area contributed by atoms with E-state index >= 15 is 0 Å². The minimum atomic E-state index is -4.96. The molecule has 1 aromatic rings. The molecular weight excluding hydrogens is 210 g/mol. The zero-order valence-electron chi connectivity index (χ0n) is 7.35. The molecular formula is C10H5F4N. The Kier molecular flexibility index (Phi) is 3.10. The van der Waals surface area contributed by atoms with Crippen molar-refractivity contribution in [2.24, 2.45) is 0 Å². The molecule has 0 amide bonds. The molecule has 1 rings (SSSR count). The van der Waals surface area contributed by atoms with Crippen LogP contribution in [0.2, 0.25) is 0 Å². The van der Waals surface area contributed by atoms with Gasteiger partial charge in [-0.3, -0.25) is 0 Å². The van der Waals surface area contributed by atoms with Gasteiger partial charge >= 0.3 is 6.18 Å². The molecule has 0 N–H and O–H groups in total. The molecule has 0 aliphatic heterocycles. The smallest absolute Gasteiger partial charge is 0.202 e. The van der Waals surface area contributed by atoms with Crippen molar-refractivity contribution in [1.29, 1.82) is 5.26 Å². The molecule has 0 aliphatic carbocycles. The second kappa shape index (κ2) is 4.13. The van der Waals surface area contributed by atoms with Crippen LogP contribution in [0.1, 0.15) is 11.1 Å². The van der Waals surface area contributed by atoms with Crippen molar-refractivity contribution in [3.05, 3.63) is 41.2 Å². The van der Waals surface area contributed by atoms with Crippen molar-refractivity contribution in [1.82, 2.24) is 0 Å². The van der Waals surface area contributed by atoms with Crippen LogP contribution >= 0.6 is 0 Å². The second-order valence-electron chi connectivity index (χ2n) is 2.72. The number of benzene rings is 1. The molecule has 0 radical (unpaired) electrons. The molecule has 0 heterocycles. The lowest BCUT2D eigenvalue weighted by Crippen LogP contribution is -2.07. The molecule has 15 heavy (non-hydrogen) atoms. The molecule has 0 saturated carbocycles. The Bertz CT molecular complexity index is 409. The molecule has 0 saturated heterocycles. The second-order valence-corrected chi connectivity index (χ2v) is 2.72. The Morgan fingerprint density at radius 1 is 1.20 bits per heavy atom. The van der Waals surface area contributed by atoms with Gasteiger partial charge in [-0.05, 0) is 23.8 Å². The van der Waals surface area contributed by atoms with E-state index in [9.17, 15) is 17.6 Å². The summed E-state index contributed by atoms with van der Waals surface area (Å²) >= 11 is 0. The Hall–Kier alpha value is -1.83. The summed E-state index contributed by atoms with van der Waals surface area (Å²) in [4.78, 5) is 0. The highest BCUT2D eigenvalue weighted by Crippen LogP contribution is 2.28. The van der Waals surface area contributed by atoms with E-state index in [0.29, 0.717) is 11.6 Å². The van der Waals surface area contributed by atoms with E-state index in [4.69, 9.17) is 5.26 Å². The van der Waals surface area contributed by atoms with Crippen LogP contribution in [-0.2, 0) is 0 Å². The van der Waals surface area contributed by atoms with Crippen LogP contribution < -0.4 is 0 Å². The fourth-order valence-electron chi connectivity index (χ4n) is 0.882. The number of nitrogens with zero attached hydrogens (tertiary/aromatic N) is 1. The van der Waals surface area contributed by atoms with Crippen molar-refractivity contribution in [2.75, 3.05) is 0 Å². The Labute approximate surface area is 83.3 Å². The fourth-order valence-corrected chi connectivity index (χ4v) is 0.882. The van der Waals surface area contributed by atoms with Crippen molar-refractivity contribution in [3.63, 3.8) is 0 Å². The normalized spacial score (nSPS) is 12.3. The van der Waals surface area contributed by atoms with Crippen LogP contribution in [0.5, 0.6) is 0 Å². The standard InChI is InChI=1S/C10H5F4N/c11-9(10(12,13)14)5-7-1-3-8(6-15)4-2-7/h1-5H/b9-5-. The number of nitriles is 1. The number of rotatable bonds is 1. The molecule has 1 nitrogen and oxygen atoms in total. The first-order valence-electron chi connectivity index (χ1n) is 3.88. The minimum Gasteiger partial charge on any atom is -0.202 e. The number of hydrogen-bond donors (Lipinski definition) is 0. The Morgan fingerprint density at radius 3 is 2.13 bits per heavy atom. The van der Waals surface area contributed by atoms with Crippen LogP contribution in [0.4, 0.5) is 17.6 Å². The molecule has 0 bridgehead atoms. The summed E-state index contributed by atoms with van der Waals surface area (Å²) in [5.74, 6) is -2.16. The maximum absolute atomic E-state index is 12.4. The van der Waals surface area contributed by atoms with Gasteiger partial charge in [0.05, 0.1) is 11.6 Å². The molecule has 1 aromatic carbocycles. The van der Waals surface area contributed by atoms with Gasteiger partial charge in [-0.15, -0.1) is 0 Å². The summed E-state index contributed by atoms with van der Waals surface area (Å²) in [5.41, 5.74) is 0.364. The van der Waals surface area contributed by atoms with Gasteiger partial charge in [0.15, 0.2) is 0 Å². The van der Waals surface area contributed by atoms with Gasteiger partial charge in [-0.1, -0.05) is 12.1 Å². The number of halogens is 4. The Balaban J connectivity index is 2.96. The van der Waals surface area contributed by atoms with Crippen LogP contribution in [0.15, 0.2) is 30.1 Å². The molecule has 0 aliphatic rings. The lowest BCUT2D eigenvalue weighted by molar-refractivity contribution is -0.107. The predicted octanol–water partition coefficient (Wildman–Crippen LogP) is 3.43. The molecule has 0 fully saturated rings. The SMILES string of the molecule is N#Cc1ccc(/C=C(\F)C(F)(F)F)cc1. The predicted molar refractivity (Wildman–Crippen MR) is 46.3 cm³/mol. The van der Waals surface area contributed by atoms with Gasteiger partial charge in [0.25, 0.3) is 0 Å². The first kappa shape index (κ1) is 11.2. The van der Waals surface area contributed by atoms with Gasteiger partial charge in [0.2, 0.25) is 5.83 Å². The lowest BCUT2D eigenvalue weighted by atomic mass is 10.1. The maximum Gasteiger partial charge on any atom is 0.442 e.